The number of nitrogens with one attached hydrogen (secondary N) is 2. The molecule has 2 rings (SSSR count). The molecule has 3 atom stereocenters. The van der Waals surface area contributed by atoms with Crippen LogP contribution in [-0.2, 0) is 14.4 Å². The normalized spacial score (nSPS) is 21.3. The summed E-state index contributed by atoms with van der Waals surface area (Å²) in [7, 11) is 0. The van der Waals surface area contributed by atoms with Crippen LogP contribution in [0.1, 0.15) is 38.5 Å². The van der Waals surface area contributed by atoms with E-state index in [2.05, 4.69) is 15.6 Å². The molecule has 2 aliphatic rings. The van der Waals surface area contributed by atoms with Crippen LogP contribution in [0.3, 0.4) is 0 Å². The highest BCUT2D eigenvalue weighted by atomic mass is 16.4. The van der Waals surface area contributed by atoms with Crippen LogP contribution < -0.4 is 27.8 Å². The van der Waals surface area contributed by atoms with Gasteiger partial charge in [-0.3, -0.25) is 19.4 Å². The maximum atomic E-state index is 10.2. The van der Waals surface area contributed by atoms with Gasteiger partial charge in [-0.05, 0) is 51.6 Å². The summed E-state index contributed by atoms with van der Waals surface area (Å²) in [5, 5.41) is 30.8. The third kappa shape index (κ3) is 12.8. The SMILES string of the molecule is NC(N)=NCCC[C@H](N)C(=O)O.O=C(O)[C@@H]1CCCN1.O=C(O)[C@@H]1CCCN1. The zero-order chi connectivity index (χ0) is 21.5. The third-order valence-electron chi connectivity index (χ3n) is 4.00. The van der Waals surface area contributed by atoms with E-state index in [4.69, 9.17) is 32.5 Å². The Hall–Kier alpha value is -2.44. The number of carboxylic acid groups (broad SMARTS) is 3. The van der Waals surface area contributed by atoms with Crippen LogP contribution in [-0.4, -0.2) is 76.9 Å². The molecular weight excluding hydrogens is 372 g/mol. The third-order valence-corrected chi connectivity index (χ3v) is 4.00. The zero-order valence-corrected chi connectivity index (χ0v) is 15.8. The Bertz CT molecular complexity index is 488. The first-order valence-corrected chi connectivity index (χ1v) is 9.11. The number of nitrogens with zero attached hydrogens (tertiary/aromatic N) is 1. The number of nitrogens with two attached hydrogens (primary N) is 3. The van der Waals surface area contributed by atoms with E-state index in [1.807, 2.05) is 0 Å². The average molecular weight is 404 g/mol. The zero-order valence-electron chi connectivity index (χ0n) is 15.8. The fraction of sp³-hybridized carbons (Fsp3) is 0.750. The van der Waals surface area contributed by atoms with Crippen LogP contribution in [0.5, 0.6) is 0 Å². The minimum atomic E-state index is -1.00. The second-order valence-corrected chi connectivity index (χ2v) is 6.37. The van der Waals surface area contributed by atoms with Gasteiger partial charge in [0.15, 0.2) is 5.96 Å². The standard InChI is InChI=1S/C6H14N4O2.2C5H9NO2/c7-4(5(11)12)2-1-3-10-6(8)9;2*7-5(8)4-2-1-3-6-4/h4H,1-3,7H2,(H,11,12)(H4,8,9,10);2*4,6H,1-3H2,(H,7,8)/t3*4-/m000/s1. The smallest absolute Gasteiger partial charge is 0.320 e. The Balaban J connectivity index is 0.000000402. The Kier molecular flexibility index (Phi) is 13.3. The molecule has 0 aliphatic carbocycles. The molecule has 2 fully saturated rings. The van der Waals surface area contributed by atoms with E-state index in [1.54, 1.807) is 0 Å². The molecule has 2 aliphatic heterocycles. The second-order valence-electron chi connectivity index (χ2n) is 6.37. The van der Waals surface area contributed by atoms with Crippen molar-refractivity contribution in [3.05, 3.63) is 0 Å². The van der Waals surface area contributed by atoms with E-state index in [0.29, 0.717) is 19.4 Å². The van der Waals surface area contributed by atoms with E-state index < -0.39 is 23.9 Å². The van der Waals surface area contributed by atoms with Gasteiger partial charge in [0.2, 0.25) is 0 Å². The van der Waals surface area contributed by atoms with E-state index >= 15 is 0 Å². The molecule has 0 aromatic carbocycles. The highest BCUT2D eigenvalue weighted by Crippen LogP contribution is 2.04. The molecule has 162 valence electrons. The van der Waals surface area contributed by atoms with E-state index in [1.165, 1.54) is 0 Å². The predicted octanol–water partition coefficient (Wildman–Crippen LogP) is -1.90. The lowest BCUT2D eigenvalue weighted by molar-refractivity contribution is -0.140. The van der Waals surface area contributed by atoms with Crippen molar-refractivity contribution in [1.29, 1.82) is 0 Å². The number of guanidine groups is 1. The summed E-state index contributed by atoms with van der Waals surface area (Å²) in [6.07, 6.45) is 4.52. The highest BCUT2D eigenvalue weighted by Gasteiger charge is 2.20. The lowest BCUT2D eigenvalue weighted by Gasteiger charge is -2.03. The van der Waals surface area contributed by atoms with Gasteiger partial charge in [0, 0.05) is 6.54 Å². The number of hydrogen-bond acceptors (Lipinski definition) is 7. The molecule has 2 heterocycles. The molecule has 12 nitrogen and oxygen atoms in total. The molecule has 0 aromatic rings. The Morgan fingerprint density at radius 2 is 1.43 bits per heavy atom. The van der Waals surface area contributed by atoms with Crippen LogP contribution in [0, 0.1) is 0 Å². The van der Waals surface area contributed by atoms with Gasteiger partial charge in [-0.25, -0.2) is 0 Å². The number of carboxylic acids is 3. The molecule has 0 aromatic heterocycles. The molecule has 0 radical (unpaired) electrons. The maximum absolute atomic E-state index is 10.2. The number of aliphatic carboxylic acids is 3. The van der Waals surface area contributed by atoms with Gasteiger partial charge in [0.05, 0.1) is 0 Å². The molecule has 11 N–H and O–H groups in total. The van der Waals surface area contributed by atoms with Gasteiger partial charge < -0.3 is 43.2 Å². The first-order valence-electron chi connectivity index (χ1n) is 9.11. The second kappa shape index (κ2) is 14.6. The topological polar surface area (TPSA) is 226 Å². The molecule has 28 heavy (non-hydrogen) atoms. The van der Waals surface area contributed by atoms with Crippen molar-refractivity contribution in [3.63, 3.8) is 0 Å². The van der Waals surface area contributed by atoms with Gasteiger partial charge in [0.1, 0.15) is 18.1 Å². The monoisotopic (exact) mass is 404 g/mol. The molecule has 0 bridgehead atoms. The number of aliphatic imine (C=N–C) groups is 1. The summed E-state index contributed by atoms with van der Waals surface area (Å²) in [5.74, 6) is -2.43. The van der Waals surface area contributed by atoms with Crippen molar-refractivity contribution in [3.8, 4) is 0 Å². The summed E-state index contributed by atoms with van der Waals surface area (Å²) in [4.78, 5) is 34.2. The lowest BCUT2D eigenvalue weighted by Crippen LogP contribution is -2.30. The quantitative estimate of drug-likeness (QED) is 0.133. The molecular formula is C16H32N6O6. The number of rotatable bonds is 7. The largest absolute Gasteiger partial charge is 0.480 e. The average Bonchev–Trinajstić information content (AvgIpc) is 3.33. The molecule has 2 saturated heterocycles. The van der Waals surface area contributed by atoms with Crippen molar-refractivity contribution in [2.45, 2.75) is 56.7 Å². The van der Waals surface area contributed by atoms with Crippen molar-refractivity contribution in [2.24, 2.45) is 22.2 Å². The van der Waals surface area contributed by atoms with Gasteiger partial charge in [0.25, 0.3) is 0 Å². The van der Waals surface area contributed by atoms with Crippen molar-refractivity contribution < 1.29 is 29.7 Å². The summed E-state index contributed by atoms with van der Waals surface area (Å²) in [5.41, 5.74) is 15.3. The van der Waals surface area contributed by atoms with E-state index in [0.717, 1.165) is 38.8 Å². The summed E-state index contributed by atoms with van der Waals surface area (Å²) in [6.45, 7) is 2.14. The fourth-order valence-electron chi connectivity index (χ4n) is 2.43. The Labute approximate surface area is 163 Å². The molecule has 0 amide bonds. The van der Waals surface area contributed by atoms with Crippen molar-refractivity contribution in [1.82, 2.24) is 10.6 Å². The van der Waals surface area contributed by atoms with Crippen LogP contribution in [0.25, 0.3) is 0 Å². The first-order chi connectivity index (χ1) is 13.1. The minimum Gasteiger partial charge on any atom is -0.480 e. The maximum Gasteiger partial charge on any atom is 0.320 e. The Morgan fingerprint density at radius 1 is 0.964 bits per heavy atom. The van der Waals surface area contributed by atoms with Crippen LogP contribution in [0.15, 0.2) is 4.99 Å². The number of hydrogen-bond donors (Lipinski definition) is 8. The number of carbonyl (C=O) groups is 3. The van der Waals surface area contributed by atoms with Crippen LogP contribution in [0.2, 0.25) is 0 Å². The van der Waals surface area contributed by atoms with E-state index in [9.17, 15) is 14.4 Å². The fourth-order valence-corrected chi connectivity index (χ4v) is 2.43. The van der Waals surface area contributed by atoms with E-state index in [-0.39, 0.29) is 18.0 Å². The predicted molar refractivity (Wildman–Crippen MR) is 103 cm³/mol. The molecule has 0 saturated carbocycles. The van der Waals surface area contributed by atoms with Gasteiger partial charge >= 0.3 is 17.9 Å². The summed E-state index contributed by atoms with van der Waals surface area (Å²) >= 11 is 0. The first kappa shape index (κ1) is 25.6. The van der Waals surface area contributed by atoms with Gasteiger partial charge in [-0.15, -0.1) is 0 Å². The van der Waals surface area contributed by atoms with Crippen molar-refractivity contribution in [2.75, 3.05) is 19.6 Å². The van der Waals surface area contributed by atoms with Crippen molar-refractivity contribution >= 4 is 23.9 Å². The molecule has 12 heteroatoms. The Morgan fingerprint density at radius 3 is 1.68 bits per heavy atom. The molecule has 0 spiro atoms. The lowest BCUT2D eigenvalue weighted by atomic mass is 10.2. The minimum absolute atomic E-state index is 0.0129. The highest BCUT2D eigenvalue weighted by molar-refractivity contribution is 5.75. The van der Waals surface area contributed by atoms with Gasteiger partial charge in [-0.2, -0.15) is 0 Å². The van der Waals surface area contributed by atoms with Gasteiger partial charge in [-0.1, -0.05) is 0 Å². The molecule has 0 unspecified atom stereocenters. The summed E-state index contributed by atoms with van der Waals surface area (Å²) < 4.78 is 0. The summed E-state index contributed by atoms with van der Waals surface area (Å²) in [6, 6.07) is -1.36. The van der Waals surface area contributed by atoms with Crippen LogP contribution in [0.4, 0.5) is 0 Å². The van der Waals surface area contributed by atoms with Crippen LogP contribution >= 0.6 is 0 Å².